The largest absolute Gasteiger partial charge is 0.341 e. The van der Waals surface area contributed by atoms with Gasteiger partial charge in [-0.15, -0.1) is 5.10 Å². The highest BCUT2D eigenvalue weighted by Crippen LogP contribution is 2.43. The van der Waals surface area contributed by atoms with Crippen LogP contribution in [0.1, 0.15) is 44.0 Å². The summed E-state index contributed by atoms with van der Waals surface area (Å²) in [5.41, 5.74) is 1.59. The smallest absolute Gasteiger partial charge is 0.317 e. The van der Waals surface area contributed by atoms with E-state index in [1.165, 1.54) is 5.56 Å². The number of tetrazole rings is 1. The van der Waals surface area contributed by atoms with Crippen LogP contribution in [0, 0.1) is 12.8 Å². The number of nitrogens with one attached hydrogen (secondary N) is 1. The van der Waals surface area contributed by atoms with Crippen LogP contribution in [0.4, 0.5) is 4.79 Å². The van der Waals surface area contributed by atoms with Crippen molar-refractivity contribution in [3.63, 3.8) is 0 Å². The first-order valence-electron chi connectivity index (χ1n) is 8.79. The number of nitrogens with zero attached hydrogens (tertiary/aromatic N) is 5. The van der Waals surface area contributed by atoms with Gasteiger partial charge in [0.05, 0.1) is 5.69 Å². The molecule has 0 bridgehead atoms. The van der Waals surface area contributed by atoms with Crippen molar-refractivity contribution in [2.24, 2.45) is 5.92 Å². The third-order valence-corrected chi connectivity index (χ3v) is 5.43. The predicted molar refractivity (Wildman–Crippen MR) is 95.4 cm³/mol. The van der Waals surface area contributed by atoms with Gasteiger partial charge in [-0.2, -0.15) is 4.68 Å². The number of carbonyl (C=O) groups excluding carboxylic acids is 1. The maximum Gasteiger partial charge on any atom is 0.317 e. The second kappa shape index (κ2) is 6.82. The van der Waals surface area contributed by atoms with Crippen LogP contribution in [0.15, 0.2) is 24.3 Å². The standard InChI is InChI=1S/C18H26N6O/c1-13-5-7-15(8-6-13)24-16(20-21-22-24)18(23(4)17(25)19-3)11-9-14(2)10-12-18/h5-8,14H,9-12H2,1-4H3,(H,19,25). The van der Waals surface area contributed by atoms with E-state index in [0.717, 1.165) is 37.2 Å². The van der Waals surface area contributed by atoms with Gasteiger partial charge in [0.15, 0.2) is 5.82 Å². The zero-order valence-electron chi connectivity index (χ0n) is 15.4. The summed E-state index contributed by atoms with van der Waals surface area (Å²) in [5.74, 6) is 1.38. The second-order valence-corrected chi connectivity index (χ2v) is 7.08. The molecule has 1 aliphatic rings. The molecule has 1 fully saturated rings. The van der Waals surface area contributed by atoms with Crippen molar-refractivity contribution in [2.45, 2.75) is 45.1 Å². The highest BCUT2D eigenvalue weighted by atomic mass is 16.2. The number of amides is 2. The third kappa shape index (κ3) is 3.10. The van der Waals surface area contributed by atoms with Crippen molar-refractivity contribution in [2.75, 3.05) is 14.1 Å². The Morgan fingerprint density at radius 2 is 1.92 bits per heavy atom. The van der Waals surface area contributed by atoms with Crippen LogP contribution in [-0.4, -0.2) is 45.2 Å². The van der Waals surface area contributed by atoms with Gasteiger partial charge in [-0.3, -0.25) is 0 Å². The Kier molecular flexibility index (Phi) is 4.74. The first-order valence-corrected chi connectivity index (χ1v) is 8.79. The SMILES string of the molecule is CNC(=O)N(C)C1(c2nnnn2-c2ccc(C)cc2)CCC(C)CC1. The maximum absolute atomic E-state index is 12.4. The van der Waals surface area contributed by atoms with Crippen molar-refractivity contribution in [1.29, 1.82) is 0 Å². The van der Waals surface area contributed by atoms with Crippen molar-refractivity contribution in [1.82, 2.24) is 30.4 Å². The molecule has 2 amide bonds. The second-order valence-electron chi connectivity index (χ2n) is 7.08. The number of benzene rings is 1. The quantitative estimate of drug-likeness (QED) is 0.930. The molecule has 0 radical (unpaired) electrons. The van der Waals surface area contributed by atoms with Gasteiger partial charge < -0.3 is 10.2 Å². The monoisotopic (exact) mass is 342 g/mol. The number of aryl methyl sites for hydroxylation is 1. The molecule has 3 rings (SSSR count). The molecule has 1 heterocycles. The summed E-state index contributed by atoms with van der Waals surface area (Å²) >= 11 is 0. The fourth-order valence-corrected chi connectivity index (χ4v) is 3.65. The topological polar surface area (TPSA) is 75.9 Å². The van der Waals surface area contributed by atoms with Gasteiger partial charge in [0.2, 0.25) is 0 Å². The van der Waals surface area contributed by atoms with Crippen LogP contribution < -0.4 is 5.32 Å². The van der Waals surface area contributed by atoms with E-state index in [-0.39, 0.29) is 6.03 Å². The summed E-state index contributed by atoms with van der Waals surface area (Å²) in [7, 11) is 3.49. The lowest BCUT2D eigenvalue weighted by Gasteiger charge is -2.44. The van der Waals surface area contributed by atoms with E-state index in [0.29, 0.717) is 5.92 Å². The molecule has 1 aromatic heterocycles. The van der Waals surface area contributed by atoms with Crippen molar-refractivity contribution in [3.8, 4) is 5.69 Å². The van der Waals surface area contributed by atoms with Gasteiger partial charge in [-0.05, 0) is 61.1 Å². The molecule has 1 N–H and O–H groups in total. The molecule has 1 aromatic carbocycles. The number of carbonyl (C=O) groups is 1. The van der Waals surface area contributed by atoms with Gasteiger partial charge in [0, 0.05) is 14.1 Å². The van der Waals surface area contributed by atoms with E-state index in [2.05, 4.69) is 27.8 Å². The van der Waals surface area contributed by atoms with Gasteiger partial charge in [-0.25, -0.2) is 4.79 Å². The number of hydrogen-bond donors (Lipinski definition) is 1. The summed E-state index contributed by atoms with van der Waals surface area (Å²) in [5, 5.41) is 15.2. The molecule has 0 spiro atoms. The molecule has 1 aliphatic carbocycles. The molecule has 0 aliphatic heterocycles. The molecular formula is C18H26N6O. The van der Waals surface area contributed by atoms with Crippen LogP contribution in [0.2, 0.25) is 0 Å². The van der Waals surface area contributed by atoms with Crippen molar-refractivity contribution >= 4 is 6.03 Å². The van der Waals surface area contributed by atoms with Gasteiger partial charge in [0.1, 0.15) is 5.54 Å². The van der Waals surface area contributed by atoms with E-state index in [9.17, 15) is 4.79 Å². The maximum atomic E-state index is 12.4. The third-order valence-electron chi connectivity index (χ3n) is 5.43. The van der Waals surface area contributed by atoms with Crippen LogP contribution in [0.3, 0.4) is 0 Å². The molecule has 1 saturated carbocycles. The van der Waals surface area contributed by atoms with Crippen LogP contribution in [0.5, 0.6) is 0 Å². The summed E-state index contributed by atoms with van der Waals surface area (Å²) in [6.07, 6.45) is 3.79. The number of aromatic nitrogens is 4. The fourth-order valence-electron chi connectivity index (χ4n) is 3.65. The highest BCUT2D eigenvalue weighted by molar-refractivity contribution is 5.74. The molecule has 25 heavy (non-hydrogen) atoms. The number of rotatable bonds is 3. The highest BCUT2D eigenvalue weighted by Gasteiger charge is 2.45. The average molecular weight is 342 g/mol. The Hall–Kier alpha value is -2.44. The van der Waals surface area contributed by atoms with Gasteiger partial charge in [0.25, 0.3) is 0 Å². The van der Waals surface area contributed by atoms with Gasteiger partial charge >= 0.3 is 6.03 Å². The van der Waals surface area contributed by atoms with Crippen LogP contribution in [0.25, 0.3) is 5.69 Å². The summed E-state index contributed by atoms with van der Waals surface area (Å²) in [4.78, 5) is 14.2. The first-order chi connectivity index (χ1) is 12.0. The zero-order valence-corrected chi connectivity index (χ0v) is 15.4. The molecule has 0 saturated heterocycles. The normalized spacial score (nSPS) is 23.3. The minimum atomic E-state index is -0.499. The van der Waals surface area contributed by atoms with Crippen LogP contribution in [-0.2, 0) is 5.54 Å². The molecule has 134 valence electrons. The summed E-state index contributed by atoms with van der Waals surface area (Å²) in [6.45, 7) is 4.31. The molecule has 0 unspecified atom stereocenters. The lowest BCUT2D eigenvalue weighted by molar-refractivity contribution is 0.0732. The summed E-state index contributed by atoms with van der Waals surface area (Å²) < 4.78 is 1.77. The van der Waals surface area contributed by atoms with E-state index < -0.39 is 5.54 Å². The predicted octanol–water partition coefficient (Wildman–Crippen LogP) is 2.65. The number of hydrogen-bond acceptors (Lipinski definition) is 4. The molecule has 7 heteroatoms. The van der Waals surface area contributed by atoms with Crippen LogP contribution >= 0.6 is 0 Å². The zero-order chi connectivity index (χ0) is 18.0. The minimum Gasteiger partial charge on any atom is -0.341 e. The van der Waals surface area contributed by atoms with E-state index in [4.69, 9.17) is 0 Å². The van der Waals surface area contributed by atoms with E-state index in [1.54, 1.807) is 16.6 Å². The molecule has 0 atom stereocenters. The molecule has 7 nitrogen and oxygen atoms in total. The Morgan fingerprint density at radius 3 is 2.52 bits per heavy atom. The first kappa shape index (κ1) is 17.4. The Labute approximate surface area is 148 Å². The van der Waals surface area contributed by atoms with E-state index >= 15 is 0 Å². The lowest BCUT2D eigenvalue weighted by Crippen LogP contribution is -2.53. The minimum absolute atomic E-state index is 0.118. The van der Waals surface area contributed by atoms with Crippen molar-refractivity contribution < 1.29 is 4.79 Å². The Balaban J connectivity index is 2.07. The molecular weight excluding hydrogens is 316 g/mol. The van der Waals surface area contributed by atoms with Crippen molar-refractivity contribution in [3.05, 3.63) is 35.7 Å². The number of urea groups is 1. The molecule has 2 aromatic rings. The average Bonchev–Trinajstić information content (AvgIpc) is 3.12. The summed E-state index contributed by atoms with van der Waals surface area (Å²) in [6, 6.07) is 7.98. The Morgan fingerprint density at radius 1 is 1.28 bits per heavy atom. The van der Waals surface area contributed by atoms with Gasteiger partial charge in [-0.1, -0.05) is 24.6 Å². The fraction of sp³-hybridized carbons (Fsp3) is 0.556. The van der Waals surface area contributed by atoms with E-state index in [1.807, 2.05) is 38.2 Å². The lowest BCUT2D eigenvalue weighted by atomic mass is 9.75. The Bertz CT molecular complexity index is 730.